The summed E-state index contributed by atoms with van der Waals surface area (Å²) in [6.45, 7) is 12.1. The highest BCUT2D eigenvalue weighted by Crippen LogP contribution is 2.49. The third-order valence-electron chi connectivity index (χ3n) is 7.89. The van der Waals surface area contributed by atoms with Crippen molar-refractivity contribution in [3.8, 4) is 0 Å². The van der Waals surface area contributed by atoms with Gasteiger partial charge in [-0.05, 0) is 80.2 Å². The number of primary amides is 2. The molecule has 2 aliphatic carbocycles. The Hall–Kier alpha value is -3.33. The monoisotopic (exact) mass is 537 g/mol. The van der Waals surface area contributed by atoms with Gasteiger partial charge in [0.05, 0.1) is 5.41 Å². The Balaban J connectivity index is 0.00000127. The summed E-state index contributed by atoms with van der Waals surface area (Å²) in [5.74, 6) is 0.186. The van der Waals surface area contributed by atoms with Crippen LogP contribution in [0, 0.1) is 5.92 Å². The number of nitrogens with one attached hydrogen (secondary N) is 1. The summed E-state index contributed by atoms with van der Waals surface area (Å²) in [5, 5.41) is 15.5. The Labute approximate surface area is 233 Å². The number of hydrogen-bond donors (Lipinski definition) is 4. The molecule has 1 fully saturated rings. The van der Waals surface area contributed by atoms with Crippen molar-refractivity contribution in [3.05, 3.63) is 63.5 Å². The molecule has 0 aliphatic heterocycles. The van der Waals surface area contributed by atoms with Crippen LogP contribution in [-0.4, -0.2) is 38.5 Å². The van der Waals surface area contributed by atoms with Crippen LogP contribution in [0.1, 0.15) is 114 Å². The molecule has 0 radical (unpaired) electrons. The van der Waals surface area contributed by atoms with E-state index in [1.807, 2.05) is 46.8 Å². The summed E-state index contributed by atoms with van der Waals surface area (Å²) in [5.41, 5.74) is 22.9. The Morgan fingerprint density at radius 3 is 2.36 bits per heavy atom. The summed E-state index contributed by atoms with van der Waals surface area (Å²) in [6.07, 6.45) is 8.49. The van der Waals surface area contributed by atoms with Crippen LogP contribution in [-0.2, 0) is 16.6 Å². The van der Waals surface area contributed by atoms with Gasteiger partial charge in [0.2, 0.25) is 11.8 Å². The zero-order valence-corrected chi connectivity index (χ0v) is 24.5. The van der Waals surface area contributed by atoms with Crippen LogP contribution in [0.3, 0.4) is 0 Å². The van der Waals surface area contributed by atoms with Crippen LogP contribution < -0.4 is 17.2 Å². The maximum atomic E-state index is 12.0. The first-order chi connectivity index (χ1) is 18.8. The molecule has 4 rings (SSSR count). The lowest BCUT2D eigenvalue weighted by molar-refractivity contribution is -0.117. The Kier molecular flexibility index (Phi) is 12.0. The standard InChI is InChI=1S/C26H35N7O2.2C2H6/c1-3-16(12-23(28)34)11-18-7-8-19-13-20(24(29)35)9-10-21(19)26(15(18)2,25-30-32-33-31-25)14-22(27)17-5-4-6-17;2*1-2/h9-11,13,17,22H,3-8,12,14,27H2,1-2H3,(H2,28,34)(H2,29,35)(H,30,31,32,33);2*1-2H3/b16-11+;;. The Bertz CT molecular complexity index is 1170. The van der Waals surface area contributed by atoms with E-state index in [1.165, 1.54) is 6.42 Å². The van der Waals surface area contributed by atoms with Gasteiger partial charge >= 0.3 is 0 Å². The van der Waals surface area contributed by atoms with E-state index in [1.54, 1.807) is 6.07 Å². The van der Waals surface area contributed by atoms with Crippen molar-refractivity contribution in [1.29, 1.82) is 0 Å². The van der Waals surface area contributed by atoms with E-state index in [4.69, 9.17) is 17.2 Å². The van der Waals surface area contributed by atoms with Gasteiger partial charge < -0.3 is 17.2 Å². The van der Waals surface area contributed by atoms with Crippen molar-refractivity contribution in [3.63, 3.8) is 0 Å². The lowest BCUT2D eigenvalue weighted by atomic mass is 9.64. The number of aromatic nitrogens is 4. The van der Waals surface area contributed by atoms with E-state index in [2.05, 4.69) is 33.6 Å². The van der Waals surface area contributed by atoms with Gasteiger partial charge in [0.1, 0.15) is 0 Å². The molecule has 1 aromatic heterocycles. The fraction of sp³-hybridized carbons (Fsp3) is 0.567. The lowest BCUT2D eigenvalue weighted by Crippen LogP contribution is -2.44. The van der Waals surface area contributed by atoms with Gasteiger partial charge in [0.15, 0.2) is 5.82 Å². The van der Waals surface area contributed by atoms with Crippen LogP contribution in [0.5, 0.6) is 0 Å². The minimum atomic E-state index is -0.735. The van der Waals surface area contributed by atoms with Crippen LogP contribution in [0.25, 0.3) is 0 Å². The molecule has 2 unspecified atom stereocenters. The number of aryl methyl sites for hydroxylation is 1. The molecule has 2 atom stereocenters. The van der Waals surface area contributed by atoms with E-state index in [0.717, 1.165) is 53.5 Å². The van der Waals surface area contributed by atoms with Crippen LogP contribution in [0.4, 0.5) is 0 Å². The SMILES string of the molecule is CC.CC.CC/C(=C\C1=C(C)C(CC(N)C2CCC2)(c2nn[nH]n2)c2ccc(C(N)=O)cc2CC1)CC(N)=O. The molecule has 1 saturated carbocycles. The van der Waals surface area contributed by atoms with Gasteiger partial charge in [0.25, 0.3) is 0 Å². The molecular formula is C30H47N7O2. The number of benzene rings is 1. The normalized spacial score (nSPS) is 19.8. The number of fused-ring (bicyclic) bond motifs is 1. The number of carbonyl (C=O) groups is 2. The first-order valence-electron chi connectivity index (χ1n) is 14.4. The van der Waals surface area contributed by atoms with Crippen molar-refractivity contribution in [2.75, 3.05) is 0 Å². The van der Waals surface area contributed by atoms with Crippen LogP contribution in [0.15, 0.2) is 41.0 Å². The third kappa shape index (κ3) is 7.01. The second-order valence-corrected chi connectivity index (χ2v) is 9.89. The highest BCUT2D eigenvalue weighted by atomic mass is 16.1. The smallest absolute Gasteiger partial charge is 0.248 e. The number of amides is 2. The van der Waals surface area contributed by atoms with Gasteiger partial charge in [-0.1, -0.05) is 69.5 Å². The predicted octanol–water partition coefficient (Wildman–Crippen LogP) is 4.63. The zero-order valence-electron chi connectivity index (χ0n) is 24.5. The van der Waals surface area contributed by atoms with Gasteiger partial charge in [-0.25, -0.2) is 0 Å². The summed E-state index contributed by atoms with van der Waals surface area (Å²) in [4.78, 5) is 23.7. The molecule has 9 nitrogen and oxygen atoms in total. The maximum absolute atomic E-state index is 12.0. The first kappa shape index (κ1) is 31.9. The predicted molar refractivity (Wildman–Crippen MR) is 156 cm³/mol. The molecule has 1 heterocycles. The van der Waals surface area contributed by atoms with Crippen LogP contribution in [0.2, 0.25) is 0 Å². The first-order valence-corrected chi connectivity index (χ1v) is 14.4. The summed E-state index contributed by atoms with van der Waals surface area (Å²) in [7, 11) is 0. The van der Waals surface area contributed by atoms with E-state index in [9.17, 15) is 9.59 Å². The van der Waals surface area contributed by atoms with Gasteiger partial charge in [-0.15, -0.1) is 10.2 Å². The molecule has 0 bridgehead atoms. The van der Waals surface area contributed by atoms with Crippen molar-refractivity contribution in [1.82, 2.24) is 20.6 Å². The van der Waals surface area contributed by atoms with Gasteiger partial charge in [0, 0.05) is 18.0 Å². The number of nitrogens with two attached hydrogens (primary N) is 3. The average molecular weight is 538 g/mol. The Morgan fingerprint density at radius 2 is 1.85 bits per heavy atom. The minimum absolute atomic E-state index is 0.0551. The quantitative estimate of drug-likeness (QED) is 0.364. The highest BCUT2D eigenvalue weighted by Gasteiger charge is 2.46. The van der Waals surface area contributed by atoms with Crippen molar-refractivity contribution >= 4 is 11.8 Å². The summed E-state index contributed by atoms with van der Waals surface area (Å²) in [6, 6.07) is 5.56. The lowest BCUT2D eigenvalue weighted by Gasteiger charge is -2.40. The number of hydrogen-bond acceptors (Lipinski definition) is 6. The molecule has 214 valence electrons. The number of tetrazole rings is 1. The van der Waals surface area contributed by atoms with Gasteiger partial charge in [-0.3, -0.25) is 9.59 Å². The molecule has 9 heteroatoms. The molecule has 2 amide bonds. The number of nitrogens with zero attached hydrogens (tertiary/aromatic N) is 3. The van der Waals surface area contributed by atoms with Crippen molar-refractivity contribution in [2.45, 2.75) is 104 Å². The number of aromatic amines is 1. The third-order valence-corrected chi connectivity index (χ3v) is 7.89. The van der Waals surface area contributed by atoms with Gasteiger partial charge in [-0.2, -0.15) is 5.21 Å². The van der Waals surface area contributed by atoms with Crippen LogP contribution >= 0.6 is 0 Å². The topological polar surface area (TPSA) is 167 Å². The molecule has 2 aliphatic rings. The highest BCUT2D eigenvalue weighted by molar-refractivity contribution is 5.93. The van der Waals surface area contributed by atoms with E-state index in [0.29, 0.717) is 30.1 Å². The number of carbonyl (C=O) groups excluding carboxylic acids is 2. The largest absolute Gasteiger partial charge is 0.369 e. The minimum Gasteiger partial charge on any atom is -0.369 e. The van der Waals surface area contributed by atoms with Crippen molar-refractivity contribution < 1.29 is 9.59 Å². The van der Waals surface area contributed by atoms with E-state index >= 15 is 0 Å². The second-order valence-electron chi connectivity index (χ2n) is 9.89. The molecule has 39 heavy (non-hydrogen) atoms. The maximum Gasteiger partial charge on any atom is 0.248 e. The summed E-state index contributed by atoms with van der Waals surface area (Å²) < 4.78 is 0. The fourth-order valence-corrected chi connectivity index (χ4v) is 5.61. The molecule has 1 aromatic carbocycles. The van der Waals surface area contributed by atoms with Crippen molar-refractivity contribution in [2.24, 2.45) is 23.1 Å². The second kappa shape index (κ2) is 14.7. The molecule has 0 saturated heterocycles. The molecule has 2 aromatic rings. The Morgan fingerprint density at radius 1 is 1.15 bits per heavy atom. The zero-order chi connectivity index (χ0) is 29.2. The number of rotatable bonds is 9. The number of allylic oxidation sites excluding steroid dienone is 3. The molecule has 0 spiro atoms. The molecule has 7 N–H and O–H groups in total. The molecular weight excluding hydrogens is 490 g/mol. The van der Waals surface area contributed by atoms with E-state index in [-0.39, 0.29) is 18.4 Å². The number of H-pyrrole nitrogens is 1. The average Bonchev–Trinajstić information content (AvgIpc) is 3.42. The fourth-order valence-electron chi connectivity index (χ4n) is 5.61. The summed E-state index contributed by atoms with van der Waals surface area (Å²) >= 11 is 0. The van der Waals surface area contributed by atoms with E-state index < -0.39 is 11.3 Å².